The summed E-state index contributed by atoms with van der Waals surface area (Å²) in [5.74, 6) is 0.00731. The van der Waals surface area contributed by atoms with Crippen LogP contribution in [-0.4, -0.2) is 41.7 Å². The first-order valence-corrected chi connectivity index (χ1v) is 9.75. The number of likely N-dealkylation sites (tertiary alicyclic amines) is 1. The van der Waals surface area contributed by atoms with Gasteiger partial charge < -0.3 is 14.8 Å². The molecular weight excluding hydrogens is 340 g/mol. The SMILES string of the molecule is O=C1NCCC[C@]12CN(Cc1cccc3c1oc1ccccc13)CC[C@H]2O. The zero-order valence-corrected chi connectivity index (χ0v) is 15.3. The molecular formula is C22H24N2O3. The highest BCUT2D eigenvalue weighted by Crippen LogP contribution is 2.38. The van der Waals surface area contributed by atoms with Gasteiger partial charge in [0.2, 0.25) is 5.91 Å². The molecule has 2 saturated heterocycles. The van der Waals surface area contributed by atoms with Crippen LogP contribution in [0.2, 0.25) is 0 Å². The van der Waals surface area contributed by atoms with Crippen LogP contribution in [-0.2, 0) is 11.3 Å². The van der Waals surface area contributed by atoms with Gasteiger partial charge in [-0.25, -0.2) is 0 Å². The van der Waals surface area contributed by atoms with Crippen LogP contribution in [0.1, 0.15) is 24.8 Å². The van der Waals surface area contributed by atoms with Crippen molar-refractivity contribution in [2.75, 3.05) is 19.6 Å². The number of nitrogens with zero attached hydrogens (tertiary/aromatic N) is 1. The lowest BCUT2D eigenvalue weighted by Crippen LogP contribution is -2.61. The Morgan fingerprint density at radius 1 is 1.19 bits per heavy atom. The Balaban J connectivity index is 1.47. The molecule has 5 nitrogen and oxygen atoms in total. The molecule has 27 heavy (non-hydrogen) atoms. The van der Waals surface area contributed by atoms with Crippen LogP contribution in [0.15, 0.2) is 46.9 Å². The van der Waals surface area contributed by atoms with Gasteiger partial charge in [-0.2, -0.15) is 0 Å². The van der Waals surface area contributed by atoms with Crippen LogP contribution in [0.25, 0.3) is 21.9 Å². The number of aliphatic hydroxyl groups excluding tert-OH is 1. The third-order valence-corrected chi connectivity index (χ3v) is 6.28. The van der Waals surface area contributed by atoms with E-state index in [1.807, 2.05) is 18.2 Å². The molecule has 0 unspecified atom stereocenters. The topological polar surface area (TPSA) is 65.7 Å². The predicted octanol–water partition coefficient (Wildman–Crippen LogP) is 3.05. The van der Waals surface area contributed by atoms with Gasteiger partial charge >= 0.3 is 0 Å². The molecule has 2 atom stereocenters. The van der Waals surface area contributed by atoms with Crippen LogP contribution in [0, 0.1) is 5.41 Å². The van der Waals surface area contributed by atoms with Crippen LogP contribution >= 0.6 is 0 Å². The molecule has 2 aromatic carbocycles. The number of para-hydroxylation sites is 2. The number of amides is 1. The fourth-order valence-corrected chi connectivity index (χ4v) is 4.83. The molecule has 5 rings (SSSR count). The molecule has 3 heterocycles. The second-order valence-corrected chi connectivity index (χ2v) is 7.92. The van der Waals surface area contributed by atoms with Crippen molar-refractivity contribution in [1.29, 1.82) is 0 Å². The van der Waals surface area contributed by atoms with E-state index in [2.05, 4.69) is 34.5 Å². The van der Waals surface area contributed by atoms with Crippen LogP contribution in [0.4, 0.5) is 0 Å². The highest BCUT2D eigenvalue weighted by Gasteiger charge is 2.49. The minimum Gasteiger partial charge on any atom is -0.456 e. The number of aliphatic hydroxyl groups is 1. The number of nitrogens with one attached hydrogen (secondary N) is 1. The van der Waals surface area contributed by atoms with Crippen molar-refractivity contribution in [1.82, 2.24) is 10.2 Å². The average molecular weight is 364 g/mol. The number of fused-ring (bicyclic) bond motifs is 3. The average Bonchev–Trinajstić information content (AvgIpc) is 3.07. The van der Waals surface area contributed by atoms with Gasteiger partial charge in [0.25, 0.3) is 0 Å². The molecule has 0 aliphatic carbocycles. The van der Waals surface area contributed by atoms with Crippen molar-refractivity contribution in [2.45, 2.75) is 31.9 Å². The molecule has 0 saturated carbocycles. The molecule has 2 aliphatic heterocycles. The highest BCUT2D eigenvalue weighted by atomic mass is 16.3. The van der Waals surface area contributed by atoms with Crippen LogP contribution in [0.3, 0.4) is 0 Å². The quantitative estimate of drug-likeness (QED) is 0.734. The molecule has 0 radical (unpaired) electrons. The summed E-state index contributed by atoms with van der Waals surface area (Å²) in [6.45, 7) is 2.81. The second kappa shape index (κ2) is 6.36. The lowest BCUT2D eigenvalue weighted by atomic mass is 9.71. The summed E-state index contributed by atoms with van der Waals surface area (Å²) >= 11 is 0. The summed E-state index contributed by atoms with van der Waals surface area (Å²) in [5, 5.41) is 15.8. The Bertz CT molecular complexity index is 1010. The third-order valence-electron chi connectivity index (χ3n) is 6.28. The van der Waals surface area contributed by atoms with Gasteiger partial charge in [-0.3, -0.25) is 9.69 Å². The zero-order valence-electron chi connectivity index (χ0n) is 15.3. The standard InChI is InChI=1S/C22H24N2O3/c25-19-9-12-24(14-22(19)10-4-11-23-21(22)26)13-15-5-3-7-17-16-6-1-2-8-18(16)27-20(15)17/h1-3,5-8,19,25H,4,9-14H2,(H,23,26)/t19-,22-/m1/s1. The van der Waals surface area contributed by atoms with Crippen molar-refractivity contribution in [3.05, 3.63) is 48.0 Å². The minimum atomic E-state index is -0.668. The molecule has 5 heteroatoms. The predicted molar refractivity (Wildman–Crippen MR) is 104 cm³/mol. The summed E-state index contributed by atoms with van der Waals surface area (Å²) in [7, 11) is 0. The fourth-order valence-electron chi connectivity index (χ4n) is 4.83. The van der Waals surface area contributed by atoms with Crippen molar-refractivity contribution in [3.63, 3.8) is 0 Å². The zero-order chi connectivity index (χ0) is 18.4. The summed E-state index contributed by atoms with van der Waals surface area (Å²) in [4.78, 5) is 14.9. The molecule has 1 amide bonds. The number of benzene rings is 2. The third kappa shape index (κ3) is 2.65. The van der Waals surface area contributed by atoms with Crippen LogP contribution < -0.4 is 5.32 Å². The van der Waals surface area contributed by atoms with E-state index in [0.717, 1.165) is 53.4 Å². The smallest absolute Gasteiger partial charge is 0.230 e. The number of furan rings is 1. The number of rotatable bonds is 2. The molecule has 2 aliphatic rings. The van der Waals surface area contributed by atoms with E-state index < -0.39 is 11.5 Å². The summed E-state index contributed by atoms with van der Waals surface area (Å²) < 4.78 is 6.15. The molecule has 1 spiro atoms. The Kier molecular flexibility index (Phi) is 3.95. The van der Waals surface area contributed by atoms with E-state index in [0.29, 0.717) is 19.5 Å². The van der Waals surface area contributed by atoms with Gasteiger partial charge in [-0.05, 0) is 25.3 Å². The highest BCUT2D eigenvalue weighted by molar-refractivity contribution is 6.05. The Morgan fingerprint density at radius 3 is 2.93 bits per heavy atom. The first kappa shape index (κ1) is 16.8. The van der Waals surface area contributed by atoms with Gasteiger partial charge in [-0.1, -0.05) is 36.4 Å². The second-order valence-electron chi connectivity index (χ2n) is 7.92. The molecule has 3 aromatic rings. The maximum atomic E-state index is 12.6. The van der Waals surface area contributed by atoms with E-state index in [1.165, 1.54) is 0 Å². The van der Waals surface area contributed by atoms with Crippen molar-refractivity contribution in [3.8, 4) is 0 Å². The van der Waals surface area contributed by atoms with E-state index >= 15 is 0 Å². The Labute approximate surface area is 157 Å². The van der Waals surface area contributed by atoms with E-state index in [-0.39, 0.29) is 5.91 Å². The van der Waals surface area contributed by atoms with Gasteiger partial charge in [-0.15, -0.1) is 0 Å². The normalized spacial score (nSPS) is 26.7. The minimum absolute atomic E-state index is 0.00731. The molecule has 2 N–H and O–H groups in total. The summed E-state index contributed by atoms with van der Waals surface area (Å²) in [5.41, 5.74) is 2.29. The maximum absolute atomic E-state index is 12.6. The van der Waals surface area contributed by atoms with Crippen molar-refractivity contribution >= 4 is 27.8 Å². The number of piperidine rings is 2. The van der Waals surface area contributed by atoms with Crippen molar-refractivity contribution < 1.29 is 14.3 Å². The first-order chi connectivity index (χ1) is 13.2. The number of hydrogen-bond donors (Lipinski definition) is 2. The molecule has 2 fully saturated rings. The van der Waals surface area contributed by atoms with Gasteiger partial charge in [0, 0.05) is 42.5 Å². The fraction of sp³-hybridized carbons (Fsp3) is 0.409. The molecule has 140 valence electrons. The molecule has 1 aromatic heterocycles. The number of hydrogen-bond acceptors (Lipinski definition) is 4. The lowest BCUT2D eigenvalue weighted by molar-refractivity contribution is -0.149. The monoisotopic (exact) mass is 364 g/mol. The van der Waals surface area contributed by atoms with Crippen molar-refractivity contribution in [2.24, 2.45) is 5.41 Å². The first-order valence-electron chi connectivity index (χ1n) is 9.75. The van der Waals surface area contributed by atoms with Gasteiger partial charge in [0.05, 0.1) is 11.5 Å². The number of carbonyl (C=O) groups is 1. The van der Waals surface area contributed by atoms with E-state index in [4.69, 9.17) is 4.42 Å². The van der Waals surface area contributed by atoms with Gasteiger partial charge in [0.15, 0.2) is 0 Å². The largest absolute Gasteiger partial charge is 0.456 e. The number of carbonyl (C=O) groups excluding carboxylic acids is 1. The van der Waals surface area contributed by atoms with Crippen LogP contribution in [0.5, 0.6) is 0 Å². The van der Waals surface area contributed by atoms with E-state index in [1.54, 1.807) is 0 Å². The Hall–Kier alpha value is -2.37. The maximum Gasteiger partial charge on any atom is 0.230 e. The molecule has 0 bridgehead atoms. The lowest BCUT2D eigenvalue weighted by Gasteiger charge is -2.47. The van der Waals surface area contributed by atoms with Gasteiger partial charge in [0.1, 0.15) is 11.2 Å². The summed E-state index contributed by atoms with van der Waals surface area (Å²) in [6, 6.07) is 14.4. The van der Waals surface area contributed by atoms with E-state index in [9.17, 15) is 9.90 Å². The Morgan fingerprint density at radius 2 is 2.04 bits per heavy atom. The summed E-state index contributed by atoms with van der Waals surface area (Å²) in [6.07, 6.45) is 1.75.